The van der Waals surface area contributed by atoms with Gasteiger partial charge in [0.1, 0.15) is 11.5 Å². The van der Waals surface area contributed by atoms with E-state index >= 15 is 0 Å². The Bertz CT molecular complexity index is 556. The fourth-order valence-corrected chi connectivity index (χ4v) is 1.52. The molecule has 15 heavy (non-hydrogen) atoms. The summed E-state index contributed by atoms with van der Waals surface area (Å²) in [4.78, 5) is 18.9. The molecule has 0 N–H and O–H groups in total. The van der Waals surface area contributed by atoms with Crippen LogP contribution < -0.4 is 0 Å². The number of halogens is 2. The summed E-state index contributed by atoms with van der Waals surface area (Å²) in [5, 5.41) is 0.367. The Labute approximate surface area is 89.9 Å². The van der Waals surface area contributed by atoms with Gasteiger partial charge in [0, 0.05) is 12.3 Å². The van der Waals surface area contributed by atoms with Crippen molar-refractivity contribution in [3.63, 3.8) is 0 Å². The molecule has 1 aromatic heterocycles. The Morgan fingerprint density at radius 1 is 1.40 bits per heavy atom. The molecule has 0 aliphatic carbocycles. The predicted octanol–water partition coefficient (Wildman–Crippen LogP) is 2.62. The monoisotopic (exact) mass is 224 g/mol. The number of rotatable bonds is 1. The molecule has 0 fully saturated rings. The second kappa shape index (κ2) is 3.55. The Balaban J connectivity index is 2.87. The highest BCUT2D eigenvalue weighted by Gasteiger charge is 2.11. The third kappa shape index (κ3) is 1.80. The van der Waals surface area contributed by atoms with Crippen LogP contribution in [0.3, 0.4) is 0 Å². The summed E-state index contributed by atoms with van der Waals surface area (Å²) in [5.74, 6) is -0.703. The second-order valence-corrected chi connectivity index (χ2v) is 3.40. The van der Waals surface area contributed by atoms with Crippen LogP contribution in [-0.4, -0.2) is 15.8 Å². The molecule has 0 aliphatic heterocycles. The first kappa shape index (κ1) is 9.98. The molecule has 0 saturated carbocycles. The molecular weight excluding hydrogens is 219 g/mol. The maximum atomic E-state index is 13.0. The summed E-state index contributed by atoms with van der Waals surface area (Å²) < 4.78 is 13.0. The molecule has 0 bridgehead atoms. The summed E-state index contributed by atoms with van der Waals surface area (Å²) in [7, 11) is 0. The number of aromatic nitrogens is 2. The van der Waals surface area contributed by atoms with E-state index in [-0.39, 0.29) is 16.8 Å². The minimum absolute atomic E-state index is 0.0145. The van der Waals surface area contributed by atoms with Crippen LogP contribution in [-0.2, 0) is 0 Å². The Kier molecular flexibility index (Phi) is 2.36. The van der Waals surface area contributed by atoms with Crippen LogP contribution in [0.25, 0.3) is 10.9 Å². The van der Waals surface area contributed by atoms with E-state index < -0.39 is 5.82 Å². The largest absolute Gasteiger partial charge is 0.293 e. The van der Waals surface area contributed by atoms with Crippen molar-refractivity contribution in [2.75, 3.05) is 0 Å². The summed E-state index contributed by atoms with van der Waals surface area (Å²) >= 11 is 5.64. The van der Waals surface area contributed by atoms with Gasteiger partial charge in [0.25, 0.3) is 0 Å². The fraction of sp³-hybridized carbons (Fsp3) is 0.100. The number of Topliss-reactive ketones (excluding diaryl/α,β-unsaturated/α-hetero) is 1. The molecular formula is C10H6ClFN2O. The Hall–Kier alpha value is -1.55. The van der Waals surface area contributed by atoms with E-state index in [4.69, 9.17) is 11.6 Å². The van der Waals surface area contributed by atoms with Crippen LogP contribution >= 0.6 is 11.6 Å². The lowest BCUT2D eigenvalue weighted by atomic mass is 10.1. The van der Waals surface area contributed by atoms with Gasteiger partial charge in [0.2, 0.25) is 5.28 Å². The molecule has 0 radical (unpaired) electrons. The van der Waals surface area contributed by atoms with Crippen LogP contribution in [0.15, 0.2) is 18.2 Å². The zero-order valence-electron chi connectivity index (χ0n) is 7.79. The smallest absolute Gasteiger partial charge is 0.223 e. The Morgan fingerprint density at radius 3 is 2.80 bits per heavy atom. The number of hydrogen-bond acceptors (Lipinski definition) is 3. The lowest BCUT2D eigenvalue weighted by Gasteiger charge is -2.02. The van der Waals surface area contributed by atoms with Crippen molar-refractivity contribution in [1.29, 1.82) is 0 Å². The van der Waals surface area contributed by atoms with E-state index in [1.807, 2.05) is 0 Å². The van der Waals surface area contributed by atoms with Gasteiger partial charge in [-0.2, -0.15) is 0 Å². The summed E-state index contributed by atoms with van der Waals surface area (Å²) in [5.41, 5.74) is 0.603. The van der Waals surface area contributed by atoms with Gasteiger partial charge in [-0.1, -0.05) is 0 Å². The summed E-state index contributed by atoms with van der Waals surface area (Å²) in [6.07, 6.45) is 0. The predicted molar refractivity (Wildman–Crippen MR) is 54.5 cm³/mol. The van der Waals surface area contributed by atoms with Crippen LogP contribution in [0.4, 0.5) is 4.39 Å². The molecule has 3 nitrogen and oxygen atoms in total. The number of carbonyl (C=O) groups is 1. The highest BCUT2D eigenvalue weighted by atomic mass is 35.5. The van der Waals surface area contributed by atoms with Crippen molar-refractivity contribution < 1.29 is 9.18 Å². The molecule has 0 spiro atoms. The number of ketones is 1. The second-order valence-electron chi connectivity index (χ2n) is 3.06. The number of fused-ring (bicyclic) bond motifs is 1. The minimum atomic E-state index is -0.434. The highest BCUT2D eigenvalue weighted by molar-refractivity contribution is 6.29. The Morgan fingerprint density at radius 2 is 2.13 bits per heavy atom. The third-order valence-corrected chi connectivity index (χ3v) is 2.13. The van der Waals surface area contributed by atoms with Gasteiger partial charge in [0.05, 0.1) is 5.52 Å². The molecule has 0 amide bonds. The molecule has 2 aromatic rings. The van der Waals surface area contributed by atoms with E-state index in [0.717, 1.165) is 0 Å². The van der Waals surface area contributed by atoms with E-state index in [1.54, 1.807) is 0 Å². The van der Waals surface area contributed by atoms with Gasteiger partial charge in [0.15, 0.2) is 5.78 Å². The first-order valence-electron chi connectivity index (χ1n) is 4.21. The average Bonchev–Trinajstić information content (AvgIpc) is 2.17. The number of benzene rings is 1. The van der Waals surface area contributed by atoms with Crippen molar-refractivity contribution >= 4 is 28.3 Å². The molecule has 0 unspecified atom stereocenters. The SMILES string of the molecule is CC(=O)c1nc(Cl)nc2ccc(F)cc12. The van der Waals surface area contributed by atoms with Crippen molar-refractivity contribution in [2.24, 2.45) is 0 Å². The quantitative estimate of drug-likeness (QED) is 0.552. The zero-order valence-corrected chi connectivity index (χ0v) is 8.55. The summed E-state index contributed by atoms with van der Waals surface area (Å²) in [6.45, 7) is 1.35. The van der Waals surface area contributed by atoms with Crippen molar-refractivity contribution in [2.45, 2.75) is 6.92 Å². The van der Waals surface area contributed by atoms with Crippen LogP contribution in [0.1, 0.15) is 17.4 Å². The maximum Gasteiger partial charge on any atom is 0.223 e. The van der Waals surface area contributed by atoms with Crippen LogP contribution in [0, 0.1) is 5.82 Å². The molecule has 1 aromatic carbocycles. The van der Waals surface area contributed by atoms with Gasteiger partial charge in [-0.15, -0.1) is 0 Å². The van der Waals surface area contributed by atoms with E-state index in [1.165, 1.54) is 25.1 Å². The van der Waals surface area contributed by atoms with E-state index in [2.05, 4.69) is 9.97 Å². The van der Waals surface area contributed by atoms with Gasteiger partial charge in [-0.25, -0.2) is 14.4 Å². The van der Waals surface area contributed by atoms with Gasteiger partial charge in [-0.05, 0) is 29.8 Å². The first-order chi connectivity index (χ1) is 7.08. The molecule has 0 saturated heterocycles. The third-order valence-electron chi connectivity index (χ3n) is 1.96. The normalized spacial score (nSPS) is 10.6. The number of hydrogen-bond donors (Lipinski definition) is 0. The van der Waals surface area contributed by atoms with Gasteiger partial charge < -0.3 is 0 Å². The van der Waals surface area contributed by atoms with Gasteiger partial charge >= 0.3 is 0 Å². The van der Waals surface area contributed by atoms with Crippen molar-refractivity contribution in [1.82, 2.24) is 9.97 Å². The summed E-state index contributed by atoms with van der Waals surface area (Å²) in [6, 6.07) is 3.95. The number of carbonyl (C=O) groups excluding carboxylic acids is 1. The highest BCUT2D eigenvalue weighted by Crippen LogP contribution is 2.19. The lowest BCUT2D eigenvalue weighted by molar-refractivity contribution is 0.101. The topological polar surface area (TPSA) is 42.9 Å². The first-order valence-corrected chi connectivity index (χ1v) is 4.59. The van der Waals surface area contributed by atoms with Crippen LogP contribution in [0.5, 0.6) is 0 Å². The molecule has 2 rings (SSSR count). The number of nitrogens with zero attached hydrogens (tertiary/aromatic N) is 2. The molecule has 5 heteroatoms. The minimum Gasteiger partial charge on any atom is -0.293 e. The zero-order chi connectivity index (χ0) is 11.0. The molecule has 76 valence electrons. The lowest BCUT2D eigenvalue weighted by Crippen LogP contribution is -2.00. The van der Waals surface area contributed by atoms with Crippen LogP contribution in [0.2, 0.25) is 5.28 Å². The maximum absolute atomic E-state index is 13.0. The van der Waals surface area contributed by atoms with E-state index in [0.29, 0.717) is 10.9 Å². The van der Waals surface area contributed by atoms with Crippen molar-refractivity contribution in [3.8, 4) is 0 Å². The van der Waals surface area contributed by atoms with Gasteiger partial charge in [-0.3, -0.25) is 4.79 Å². The molecule has 0 aliphatic rings. The van der Waals surface area contributed by atoms with Crippen molar-refractivity contribution in [3.05, 3.63) is 35.0 Å². The fourth-order valence-electron chi connectivity index (χ4n) is 1.34. The average molecular weight is 225 g/mol. The molecule has 1 heterocycles. The van der Waals surface area contributed by atoms with E-state index in [9.17, 15) is 9.18 Å². The standard InChI is InChI=1S/C10H6ClFN2O/c1-5(15)9-7-4-6(12)2-3-8(7)13-10(11)14-9/h2-4H,1H3. The molecule has 0 atom stereocenters.